The summed E-state index contributed by atoms with van der Waals surface area (Å²) in [5.41, 5.74) is 2.76. The summed E-state index contributed by atoms with van der Waals surface area (Å²) in [6, 6.07) is 10.0. The summed E-state index contributed by atoms with van der Waals surface area (Å²) in [5.74, 6) is -0.117. The van der Waals surface area contributed by atoms with Gasteiger partial charge in [0.15, 0.2) is 0 Å². The van der Waals surface area contributed by atoms with Crippen LogP contribution in [-0.2, 0) is 13.0 Å². The lowest BCUT2D eigenvalue weighted by atomic mass is 10.1. The number of nitrogens with zero attached hydrogens (tertiary/aromatic N) is 2. The molecule has 1 amide bonds. The van der Waals surface area contributed by atoms with E-state index in [1.54, 1.807) is 6.20 Å². The molecular weight excluding hydrogens is 290 g/mol. The average Bonchev–Trinajstić information content (AvgIpc) is 2.92. The smallest absolute Gasteiger partial charge is 0.254 e. The Balaban J connectivity index is 2.18. The van der Waals surface area contributed by atoms with E-state index < -0.39 is 0 Å². The third kappa shape index (κ3) is 4.66. The van der Waals surface area contributed by atoms with Crippen LogP contribution in [0.3, 0.4) is 0 Å². The summed E-state index contributed by atoms with van der Waals surface area (Å²) >= 11 is 0. The van der Waals surface area contributed by atoms with Crippen LogP contribution < -0.4 is 5.32 Å². The molecule has 0 aliphatic rings. The van der Waals surface area contributed by atoms with Gasteiger partial charge in [-0.3, -0.25) is 9.48 Å². The van der Waals surface area contributed by atoms with Gasteiger partial charge in [-0.05, 0) is 25.3 Å². The minimum Gasteiger partial charge on any atom is -0.396 e. The molecule has 0 aliphatic heterocycles. The van der Waals surface area contributed by atoms with E-state index >= 15 is 0 Å². The summed E-state index contributed by atoms with van der Waals surface area (Å²) in [6.45, 7) is 4.71. The molecule has 0 spiro atoms. The van der Waals surface area contributed by atoms with Crippen molar-refractivity contribution in [3.63, 3.8) is 0 Å². The summed E-state index contributed by atoms with van der Waals surface area (Å²) < 4.78 is 1.91. The first kappa shape index (κ1) is 17.2. The van der Waals surface area contributed by atoms with E-state index in [0.717, 1.165) is 24.1 Å². The molecule has 0 radical (unpaired) electrons. The minimum absolute atomic E-state index is 0.0561. The molecule has 23 heavy (non-hydrogen) atoms. The van der Waals surface area contributed by atoms with Crippen molar-refractivity contribution in [1.29, 1.82) is 0 Å². The van der Waals surface area contributed by atoms with Crippen molar-refractivity contribution in [3.8, 4) is 0 Å². The molecule has 2 rings (SSSR count). The SMILES string of the molecule is CCCc1c(C(=O)NC(C)CCO)cnn1Cc1ccccc1. The highest BCUT2D eigenvalue weighted by Crippen LogP contribution is 2.14. The van der Waals surface area contributed by atoms with Crippen molar-refractivity contribution in [2.75, 3.05) is 6.61 Å². The lowest BCUT2D eigenvalue weighted by Gasteiger charge is -2.13. The quantitative estimate of drug-likeness (QED) is 0.786. The number of carbonyl (C=O) groups excluding carboxylic acids is 1. The zero-order valence-corrected chi connectivity index (χ0v) is 13.8. The molecule has 1 aromatic carbocycles. The molecular formula is C18H25N3O2. The van der Waals surface area contributed by atoms with Crippen molar-refractivity contribution >= 4 is 5.91 Å². The van der Waals surface area contributed by atoms with Crippen LogP contribution in [0.1, 0.15) is 48.3 Å². The first-order valence-electron chi connectivity index (χ1n) is 8.16. The van der Waals surface area contributed by atoms with Gasteiger partial charge in [0.05, 0.1) is 24.0 Å². The van der Waals surface area contributed by atoms with Gasteiger partial charge < -0.3 is 10.4 Å². The summed E-state index contributed by atoms with van der Waals surface area (Å²) in [6.07, 6.45) is 3.96. The van der Waals surface area contributed by atoms with Crippen LogP contribution in [-0.4, -0.2) is 33.4 Å². The highest BCUT2D eigenvalue weighted by Gasteiger charge is 2.18. The second-order valence-corrected chi connectivity index (χ2v) is 5.78. The lowest BCUT2D eigenvalue weighted by Crippen LogP contribution is -2.33. The lowest BCUT2D eigenvalue weighted by molar-refractivity contribution is 0.0933. The van der Waals surface area contributed by atoms with E-state index in [-0.39, 0.29) is 18.6 Å². The largest absolute Gasteiger partial charge is 0.396 e. The Morgan fingerprint density at radius 1 is 1.35 bits per heavy atom. The van der Waals surface area contributed by atoms with Gasteiger partial charge in [-0.1, -0.05) is 43.7 Å². The van der Waals surface area contributed by atoms with Crippen molar-refractivity contribution in [1.82, 2.24) is 15.1 Å². The third-order valence-electron chi connectivity index (χ3n) is 3.79. The molecule has 1 aromatic heterocycles. The predicted molar refractivity (Wildman–Crippen MR) is 90.4 cm³/mol. The van der Waals surface area contributed by atoms with E-state index in [1.807, 2.05) is 29.8 Å². The monoisotopic (exact) mass is 315 g/mol. The second kappa shape index (κ2) is 8.48. The van der Waals surface area contributed by atoms with Gasteiger partial charge in [0, 0.05) is 12.6 Å². The number of hydrogen-bond donors (Lipinski definition) is 2. The molecule has 2 N–H and O–H groups in total. The number of hydrogen-bond acceptors (Lipinski definition) is 3. The number of rotatable bonds is 8. The van der Waals surface area contributed by atoms with Crippen LogP contribution in [0.25, 0.3) is 0 Å². The van der Waals surface area contributed by atoms with Gasteiger partial charge in [-0.15, -0.1) is 0 Å². The van der Waals surface area contributed by atoms with Crippen LogP contribution in [0.15, 0.2) is 36.5 Å². The topological polar surface area (TPSA) is 67.2 Å². The maximum atomic E-state index is 12.4. The summed E-state index contributed by atoms with van der Waals surface area (Å²) in [4.78, 5) is 12.4. The normalized spacial score (nSPS) is 12.1. The number of benzene rings is 1. The Morgan fingerprint density at radius 2 is 2.09 bits per heavy atom. The van der Waals surface area contributed by atoms with Gasteiger partial charge in [-0.25, -0.2) is 0 Å². The van der Waals surface area contributed by atoms with Crippen LogP contribution in [0.4, 0.5) is 0 Å². The fourth-order valence-corrected chi connectivity index (χ4v) is 2.56. The van der Waals surface area contributed by atoms with Gasteiger partial charge >= 0.3 is 0 Å². The Labute approximate surface area is 137 Å². The highest BCUT2D eigenvalue weighted by molar-refractivity contribution is 5.95. The summed E-state index contributed by atoms with van der Waals surface area (Å²) in [5, 5.41) is 16.3. The van der Waals surface area contributed by atoms with E-state index in [9.17, 15) is 4.79 Å². The van der Waals surface area contributed by atoms with E-state index in [4.69, 9.17) is 5.11 Å². The molecule has 1 atom stereocenters. The molecule has 0 saturated heterocycles. The molecule has 5 nitrogen and oxygen atoms in total. The van der Waals surface area contributed by atoms with Crippen LogP contribution in [0.2, 0.25) is 0 Å². The Hall–Kier alpha value is -2.14. The maximum absolute atomic E-state index is 12.4. The summed E-state index contributed by atoms with van der Waals surface area (Å²) in [7, 11) is 0. The zero-order valence-electron chi connectivity index (χ0n) is 13.8. The first-order chi connectivity index (χ1) is 11.2. The van der Waals surface area contributed by atoms with Crippen molar-refractivity contribution in [2.24, 2.45) is 0 Å². The molecule has 0 fully saturated rings. The van der Waals surface area contributed by atoms with Crippen LogP contribution in [0, 0.1) is 0 Å². The molecule has 0 saturated carbocycles. The average molecular weight is 315 g/mol. The molecule has 0 aliphatic carbocycles. The minimum atomic E-state index is -0.117. The van der Waals surface area contributed by atoms with E-state index in [2.05, 4.69) is 29.5 Å². The number of aliphatic hydroxyl groups excluding tert-OH is 1. The first-order valence-corrected chi connectivity index (χ1v) is 8.16. The fraction of sp³-hybridized carbons (Fsp3) is 0.444. The molecule has 1 unspecified atom stereocenters. The zero-order chi connectivity index (χ0) is 16.7. The van der Waals surface area contributed by atoms with E-state index in [1.165, 1.54) is 0 Å². The number of aromatic nitrogens is 2. The maximum Gasteiger partial charge on any atom is 0.254 e. The Kier molecular flexibility index (Phi) is 6.35. The van der Waals surface area contributed by atoms with Gasteiger partial charge in [0.25, 0.3) is 5.91 Å². The Morgan fingerprint density at radius 3 is 2.74 bits per heavy atom. The number of nitrogens with one attached hydrogen (secondary N) is 1. The molecule has 1 heterocycles. The van der Waals surface area contributed by atoms with Crippen LogP contribution >= 0.6 is 0 Å². The van der Waals surface area contributed by atoms with Gasteiger partial charge in [0.2, 0.25) is 0 Å². The fourth-order valence-electron chi connectivity index (χ4n) is 2.56. The second-order valence-electron chi connectivity index (χ2n) is 5.78. The molecule has 124 valence electrons. The van der Waals surface area contributed by atoms with E-state index in [0.29, 0.717) is 18.5 Å². The Bertz CT molecular complexity index is 622. The van der Waals surface area contributed by atoms with Crippen LogP contribution in [0.5, 0.6) is 0 Å². The third-order valence-corrected chi connectivity index (χ3v) is 3.79. The molecule has 0 bridgehead atoms. The van der Waals surface area contributed by atoms with Gasteiger partial charge in [-0.2, -0.15) is 5.10 Å². The molecule has 5 heteroatoms. The van der Waals surface area contributed by atoms with Crippen molar-refractivity contribution in [2.45, 2.75) is 45.7 Å². The predicted octanol–water partition coefficient (Wildman–Crippen LogP) is 2.38. The highest BCUT2D eigenvalue weighted by atomic mass is 16.3. The number of carbonyl (C=O) groups is 1. The molecule has 2 aromatic rings. The van der Waals surface area contributed by atoms with Gasteiger partial charge in [0.1, 0.15) is 0 Å². The number of amides is 1. The number of aliphatic hydroxyl groups is 1. The van der Waals surface area contributed by atoms with Crippen molar-refractivity contribution in [3.05, 3.63) is 53.3 Å². The van der Waals surface area contributed by atoms with Crippen molar-refractivity contribution < 1.29 is 9.90 Å². The standard InChI is InChI=1S/C18H25N3O2/c1-3-7-17-16(18(23)20-14(2)10-11-22)12-19-21(17)13-15-8-5-4-6-9-15/h4-6,8-9,12,14,22H,3,7,10-11,13H2,1-2H3,(H,20,23).